The first-order valence-electron chi connectivity index (χ1n) is 5.67. The minimum atomic E-state index is 0.272. The Balaban J connectivity index is 2.35. The average Bonchev–Trinajstić information content (AvgIpc) is 2.52. The first-order valence-corrected chi connectivity index (χ1v) is 8.12. The van der Waals surface area contributed by atoms with Gasteiger partial charge in [-0.05, 0) is 36.5 Å². The number of fused-ring (bicyclic) bond motifs is 1. The van der Waals surface area contributed by atoms with Crippen molar-refractivity contribution in [2.75, 3.05) is 12.5 Å². The Morgan fingerprint density at radius 2 is 1.82 bits per heavy atom. The molecule has 0 radical (unpaired) electrons. The molecule has 1 nitrogen and oxygen atoms in total. The zero-order chi connectivity index (χ0) is 12.3. The third-order valence-electron chi connectivity index (χ3n) is 3.05. The van der Waals surface area contributed by atoms with Gasteiger partial charge in [-0.2, -0.15) is 0 Å². The van der Waals surface area contributed by atoms with Crippen LogP contribution in [0, 0.1) is 0 Å². The number of benzene rings is 1. The molecule has 0 amide bonds. The molecule has 0 bridgehead atoms. The Labute approximate surface area is 111 Å². The molecule has 0 unspecified atom stereocenters. The van der Waals surface area contributed by atoms with Crippen molar-refractivity contribution in [3.05, 3.63) is 45.2 Å². The van der Waals surface area contributed by atoms with Crippen LogP contribution in [-0.4, -0.2) is 18.3 Å². The van der Waals surface area contributed by atoms with Crippen LogP contribution in [0.3, 0.4) is 0 Å². The van der Waals surface area contributed by atoms with E-state index in [2.05, 4.69) is 18.6 Å². The second-order valence-electron chi connectivity index (χ2n) is 4.06. The van der Waals surface area contributed by atoms with Crippen LogP contribution in [0.4, 0.5) is 0 Å². The van der Waals surface area contributed by atoms with Crippen LogP contribution in [0.25, 0.3) is 0 Å². The van der Waals surface area contributed by atoms with Crippen LogP contribution in [0.1, 0.15) is 28.8 Å². The molecule has 0 fully saturated rings. The SMILES string of the molecule is CSC(SC)=C1CCc2ccccc2C(=O)C1. The van der Waals surface area contributed by atoms with E-state index in [0.717, 1.165) is 18.4 Å². The highest BCUT2D eigenvalue weighted by Crippen LogP contribution is 2.34. The van der Waals surface area contributed by atoms with E-state index in [0.29, 0.717) is 6.42 Å². The van der Waals surface area contributed by atoms with Gasteiger partial charge in [0.05, 0.1) is 0 Å². The monoisotopic (exact) mass is 264 g/mol. The summed E-state index contributed by atoms with van der Waals surface area (Å²) in [5, 5.41) is 0. The van der Waals surface area contributed by atoms with Crippen LogP contribution in [0.2, 0.25) is 0 Å². The van der Waals surface area contributed by atoms with E-state index >= 15 is 0 Å². The molecule has 1 aliphatic rings. The standard InChI is InChI=1S/C14H16OS2/c1-16-14(17-2)11-8-7-10-5-3-4-6-12(10)13(15)9-11/h3-6H,7-9H2,1-2H3. The van der Waals surface area contributed by atoms with Crippen molar-refractivity contribution in [2.45, 2.75) is 19.3 Å². The molecule has 3 heteroatoms. The Morgan fingerprint density at radius 1 is 1.12 bits per heavy atom. The molecule has 17 heavy (non-hydrogen) atoms. The quantitative estimate of drug-likeness (QED) is 0.747. The Kier molecular flexibility index (Phi) is 4.35. The predicted octanol–water partition coefficient (Wildman–Crippen LogP) is 4.14. The van der Waals surface area contributed by atoms with Gasteiger partial charge >= 0.3 is 0 Å². The number of thioether (sulfide) groups is 2. The molecule has 0 aromatic heterocycles. The van der Waals surface area contributed by atoms with E-state index in [1.807, 2.05) is 18.2 Å². The van der Waals surface area contributed by atoms with Gasteiger partial charge < -0.3 is 0 Å². The zero-order valence-electron chi connectivity index (χ0n) is 10.2. The minimum absolute atomic E-state index is 0.272. The maximum atomic E-state index is 12.2. The molecule has 1 aromatic rings. The number of Topliss-reactive ketones (excluding diaryl/α,β-unsaturated/α-hetero) is 1. The summed E-state index contributed by atoms with van der Waals surface area (Å²) in [6.45, 7) is 0. The lowest BCUT2D eigenvalue weighted by molar-refractivity contribution is 0.0993. The average molecular weight is 264 g/mol. The summed E-state index contributed by atoms with van der Waals surface area (Å²) in [6.07, 6.45) is 6.76. The Morgan fingerprint density at radius 3 is 2.53 bits per heavy atom. The van der Waals surface area contributed by atoms with Crippen molar-refractivity contribution >= 4 is 29.3 Å². The normalized spacial score (nSPS) is 15.4. The molecule has 0 aliphatic heterocycles. The molecule has 0 atom stereocenters. The summed E-state index contributed by atoms with van der Waals surface area (Å²) < 4.78 is 1.31. The van der Waals surface area contributed by atoms with Gasteiger partial charge in [0.15, 0.2) is 5.78 Å². The summed E-state index contributed by atoms with van der Waals surface area (Å²) >= 11 is 3.51. The number of carbonyl (C=O) groups excluding carboxylic acids is 1. The first-order chi connectivity index (χ1) is 8.26. The third-order valence-corrected chi connectivity index (χ3v) is 5.37. The van der Waals surface area contributed by atoms with Gasteiger partial charge in [-0.3, -0.25) is 4.79 Å². The van der Waals surface area contributed by atoms with Crippen molar-refractivity contribution in [1.82, 2.24) is 0 Å². The number of rotatable bonds is 2. The summed E-state index contributed by atoms with van der Waals surface area (Å²) in [6, 6.07) is 8.01. The molecule has 1 aliphatic carbocycles. The van der Waals surface area contributed by atoms with Crippen molar-refractivity contribution in [3.8, 4) is 0 Å². The second-order valence-corrected chi connectivity index (χ2v) is 5.95. The molecule has 0 heterocycles. The van der Waals surface area contributed by atoms with E-state index in [9.17, 15) is 4.79 Å². The summed E-state index contributed by atoms with van der Waals surface area (Å²) in [4.78, 5) is 12.2. The van der Waals surface area contributed by atoms with Crippen molar-refractivity contribution in [3.63, 3.8) is 0 Å². The Hall–Kier alpha value is -0.670. The molecular formula is C14H16OS2. The molecule has 0 N–H and O–H groups in total. The largest absolute Gasteiger partial charge is 0.294 e. The number of ketones is 1. The van der Waals surface area contributed by atoms with Gasteiger partial charge in [0.2, 0.25) is 0 Å². The molecular weight excluding hydrogens is 248 g/mol. The topological polar surface area (TPSA) is 17.1 Å². The van der Waals surface area contributed by atoms with Gasteiger partial charge in [-0.1, -0.05) is 24.3 Å². The number of aryl methyl sites for hydroxylation is 1. The van der Waals surface area contributed by atoms with Crippen molar-refractivity contribution in [1.29, 1.82) is 0 Å². The van der Waals surface area contributed by atoms with Crippen LogP contribution in [0.5, 0.6) is 0 Å². The summed E-state index contributed by atoms with van der Waals surface area (Å²) in [5.41, 5.74) is 3.43. The highest BCUT2D eigenvalue weighted by Gasteiger charge is 2.19. The lowest BCUT2D eigenvalue weighted by atomic mass is 10.0. The zero-order valence-corrected chi connectivity index (χ0v) is 11.8. The first kappa shape index (κ1) is 12.8. The van der Waals surface area contributed by atoms with E-state index in [1.165, 1.54) is 15.4 Å². The fraction of sp³-hybridized carbons (Fsp3) is 0.357. The van der Waals surface area contributed by atoms with Gasteiger partial charge in [-0.25, -0.2) is 0 Å². The van der Waals surface area contributed by atoms with Gasteiger partial charge in [0.25, 0.3) is 0 Å². The Bertz CT molecular complexity index is 457. The molecule has 1 aromatic carbocycles. The van der Waals surface area contributed by atoms with Gasteiger partial charge in [0.1, 0.15) is 0 Å². The van der Waals surface area contributed by atoms with Crippen molar-refractivity contribution in [2.24, 2.45) is 0 Å². The van der Waals surface area contributed by atoms with E-state index < -0.39 is 0 Å². The maximum Gasteiger partial charge on any atom is 0.167 e. The summed E-state index contributed by atoms with van der Waals surface area (Å²) in [5.74, 6) is 0.272. The number of allylic oxidation sites excluding steroid dienone is 1. The second kappa shape index (κ2) is 5.78. The maximum absolute atomic E-state index is 12.2. The minimum Gasteiger partial charge on any atom is -0.294 e. The molecule has 90 valence electrons. The highest BCUT2D eigenvalue weighted by atomic mass is 32.2. The molecule has 0 saturated carbocycles. The molecule has 0 saturated heterocycles. The van der Waals surface area contributed by atoms with Crippen LogP contribution in [-0.2, 0) is 6.42 Å². The number of hydrogen-bond donors (Lipinski definition) is 0. The molecule has 0 spiro atoms. The summed E-state index contributed by atoms with van der Waals surface area (Å²) in [7, 11) is 0. The third kappa shape index (κ3) is 2.78. The van der Waals surface area contributed by atoms with Gasteiger partial charge in [-0.15, -0.1) is 23.5 Å². The predicted molar refractivity (Wildman–Crippen MR) is 77.8 cm³/mol. The van der Waals surface area contributed by atoms with Gasteiger partial charge in [0, 0.05) is 16.2 Å². The fourth-order valence-electron chi connectivity index (χ4n) is 2.22. The van der Waals surface area contributed by atoms with Crippen molar-refractivity contribution < 1.29 is 4.79 Å². The van der Waals surface area contributed by atoms with E-state index in [1.54, 1.807) is 23.5 Å². The highest BCUT2D eigenvalue weighted by molar-refractivity contribution is 8.21. The van der Waals surface area contributed by atoms with Crippen LogP contribution >= 0.6 is 23.5 Å². The molecule has 2 rings (SSSR count). The van der Waals surface area contributed by atoms with Crippen LogP contribution in [0.15, 0.2) is 34.1 Å². The van der Waals surface area contributed by atoms with E-state index in [4.69, 9.17) is 0 Å². The number of carbonyl (C=O) groups is 1. The smallest absolute Gasteiger partial charge is 0.167 e. The lowest BCUT2D eigenvalue weighted by Crippen LogP contribution is -2.00. The fourth-order valence-corrected chi connectivity index (χ4v) is 3.81. The number of hydrogen-bond acceptors (Lipinski definition) is 3. The lowest BCUT2D eigenvalue weighted by Gasteiger charge is -2.08. The van der Waals surface area contributed by atoms with Crippen LogP contribution < -0.4 is 0 Å². The van der Waals surface area contributed by atoms with E-state index in [-0.39, 0.29) is 5.78 Å².